The fraction of sp³-hybridized carbons (Fsp3) is 1.00. The van der Waals surface area contributed by atoms with Crippen LogP contribution in [0.15, 0.2) is 0 Å². The van der Waals surface area contributed by atoms with Gasteiger partial charge < -0.3 is 49.3 Å². The highest BCUT2D eigenvalue weighted by Crippen LogP contribution is 2.21. The number of hydrogen-bond acceptors (Lipinski definition) is 12. The third kappa shape index (κ3) is 32.6. The van der Waals surface area contributed by atoms with E-state index in [0.717, 1.165) is 50.2 Å². The van der Waals surface area contributed by atoms with Gasteiger partial charge >= 0.3 is 0 Å². The molecule has 10 fully saturated rings. The first-order chi connectivity index (χ1) is 31.9. The van der Waals surface area contributed by atoms with Crippen molar-refractivity contribution in [1.82, 2.24) is 54.3 Å². The molecule has 0 saturated carbocycles. The van der Waals surface area contributed by atoms with Crippen molar-refractivity contribution in [3.8, 4) is 0 Å². The van der Waals surface area contributed by atoms with Crippen molar-refractivity contribution in [2.45, 2.75) is 144 Å². The van der Waals surface area contributed by atoms with Crippen LogP contribution in [0.1, 0.15) is 131 Å². The molecule has 10 aliphatic heterocycles. The number of piperazine rings is 3. The monoisotopic (exact) mass is 966 g/mol. The van der Waals surface area contributed by atoms with E-state index in [2.05, 4.69) is 125 Å². The van der Waals surface area contributed by atoms with E-state index in [1.807, 2.05) is 0 Å². The maximum absolute atomic E-state index is 5.10. The zero-order valence-corrected chi connectivity index (χ0v) is 46.0. The van der Waals surface area contributed by atoms with Crippen LogP contribution < -0.4 is 5.32 Å². The molecule has 0 aromatic heterocycles. The molecule has 0 aromatic rings. The predicted molar refractivity (Wildman–Crippen MR) is 300 cm³/mol. The van der Waals surface area contributed by atoms with Gasteiger partial charge in [-0.05, 0) is 211 Å². The van der Waals surface area contributed by atoms with Gasteiger partial charge in [-0.15, -0.1) is 0 Å². The second-order valence-corrected chi connectivity index (χ2v) is 22.6. The summed E-state index contributed by atoms with van der Waals surface area (Å²) in [5, 5.41) is 3.32. The lowest BCUT2D eigenvalue weighted by Crippen LogP contribution is -2.53. The highest BCUT2D eigenvalue weighted by molar-refractivity contribution is 4.86. The van der Waals surface area contributed by atoms with Gasteiger partial charge in [0.25, 0.3) is 0 Å². The smallest absolute Gasteiger partial charge is 0.0594 e. The van der Waals surface area contributed by atoms with E-state index >= 15 is 0 Å². The van der Waals surface area contributed by atoms with Crippen LogP contribution in [0.3, 0.4) is 0 Å². The molecule has 0 aliphatic carbocycles. The van der Waals surface area contributed by atoms with E-state index in [-0.39, 0.29) is 14.9 Å². The standard InChI is InChI=1S/C9H18N2.C8H16N2.2C7H15N.C6H14N2.2C6H13N.C5H11NO.2CH4/c1-10-6-7-11-5-3-2-4-9(11)8-10;1-9-5-6-10-4-2-3-8(10)7-9;1-7-3-5-8(2)6-4-7;1-8-6-4-2-3-5-7-8;1-7-3-5-8(2)6-4-7;1-6-2-4-7-5-3-6;1-7-5-3-2-4-6-7;1-6-2-4-7-5-3-6;;/h9H,2-8H2,1H3;8H,2-7H2,1H3;7H,3-6H2,1-2H3;2-7H2,1H3;3-6H2,1-2H3;6-7H,2-5H2,1H3;2-6H2,1H3;2-5H2,1H3;2*1H4. The number of likely N-dealkylation sites (N-methyl/N-ethyl adjacent to an activating group) is 5. The van der Waals surface area contributed by atoms with Crippen LogP contribution in [0.25, 0.3) is 0 Å². The first kappa shape index (κ1) is 65.5. The van der Waals surface area contributed by atoms with Gasteiger partial charge in [-0.3, -0.25) is 9.80 Å². The topological polar surface area (TPSA) is 53.7 Å². The van der Waals surface area contributed by atoms with E-state index < -0.39 is 0 Å². The van der Waals surface area contributed by atoms with Crippen molar-refractivity contribution in [2.75, 3.05) is 214 Å². The molecule has 2 atom stereocenters. The molecular weight excluding hydrogens is 843 g/mol. The molecule has 408 valence electrons. The number of morpholine rings is 1. The van der Waals surface area contributed by atoms with Gasteiger partial charge in [0, 0.05) is 90.6 Å². The van der Waals surface area contributed by atoms with Crippen LogP contribution in [-0.4, -0.2) is 275 Å². The second-order valence-electron chi connectivity index (χ2n) is 22.6. The van der Waals surface area contributed by atoms with Crippen molar-refractivity contribution in [2.24, 2.45) is 11.8 Å². The minimum absolute atomic E-state index is 0. The molecule has 12 heteroatoms. The lowest BCUT2D eigenvalue weighted by atomic mass is 10.00. The summed E-state index contributed by atoms with van der Waals surface area (Å²) >= 11 is 0. The fourth-order valence-electron chi connectivity index (χ4n) is 10.4. The average molecular weight is 967 g/mol. The molecular formula is C56H123N11O. The number of rotatable bonds is 0. The summed E-state index contributed by atoms with van der Waals surface area (Å²) in [6.07, 6.45) is 22.7. The predicted octanol–water partition coefficient (Wildman–Crippen LogP) is 7.22. The van der Waals surface area contributed by atoms with Crippen molar-refractivity contribution >= 4 is 0 Å². The Morgan fingerprint density at radius 1 is 0.309 bits per heavy atom. The number of piperidine rings is 4. The maximum atomic E-state index is 5.10. The van der Waals surface area contributed by atoms with E-state index in [1.165, 1.54) is 234 Å². The van der Waals surface area contributed by atoms with Gasteiger partial charge in [0.2, 0.25) is 0 Å². The quantitative estimate of drug-likeness (QED) is 0.267. The third-order valence-corrected chi connectivity index (χ3v) is 15.8. The molecule has 10 heterocycles. The van der Waals surface area contributed by atoms with Crippen LogP contribution in [0.5, 0.6) is 0 Å². The second kappa shape index (κ2) is 40.9. The summed E-state index contributed by atoms with van der Waals surface area (Å²) in [6, 6.07) is 1.79. The van der Waals surface area contributed by atoms with Crippen molar-refractivity contribution in [3.63, 3.8) is 0 Å². The third-order valence-electron chi connectivity index (χ3n) is 15.8. The lowest BCUT2D eigenvalue weighted by molar-refractivity contribution is 0.0503. The zero-order chi connectivity index (χ0) is 47.8. The summed E-state index contributed by atoms with van der Waals surface area (Å²) in [7, 11) is 17.5. The Morgan fingerprint density at radius 2 is 0.647 bits per heavy atom. The van der Waals surface area contributed by atoms with Crippen LogP contribution in [-0.2, 0) is 4.74 Å². The Morgan fingerprint density at radius 3 is 1.04 bits per heavy atom. The van der Waals surface area contributed by atoms with Crippen molar-refractivity contribution < 1.29 is 4.74 Å². The number of hydrogen-bond donors (Lipinski definition) is 1. The van der Waals surface area contributed by atoms with E-state index in [4.69, 9.17) is 4.74 Å². The first-order valence-electron chi connectivity index (χ1n) is 28.1. The molecule has 0 radical (unpaired) electrons. The summed E-state index contributed by atoms with van der Waals surface area (Å²) in [4.78, 5) is 24.4. The van der Waals surface area contributed by atoms with Gasteiger partial charge in [-0.2, -0.15) is 0 Å². The average Bonchev–Trinajstić information content (AvgIpc) is 3.66. The van der Waals surface area contributed by atoms with Crippen LogP contribution >= 0.6 is 0 Å². The summed E-state index contributed by atoms with van der Waals surface area (Å²) in [5.41, 5.74) is 0. The molecule has 0 amide bonds. The van der Waals surface area contributed by atoms with Crippen molar-refractivity contribution in [3.05, 3.63) is 0 Å². The normalized spacial score (nSPS) is 28.0. The molecule has 10 rings (SSSR count). The summed E-state index contributed by atoms with van der Waals surface area (Å²) in [5.74, 6) is 1.95. The summed E-state index contributed by atoms with van der Waals surface area (Å²) < 4.78 is 5.10. The molecule has 68 heavy (non-hydrogen) atoms. The van der Waals surface area contributed by atoms with Crippen molar-refractivity contribution in [1.29, 1.82) is 0 Å². The SMILES string of the molecule is C.C.CC1CCN(C)CC1.CC1CCNCC1.CN1CCCCC1.CN1CCCCCC1.CN1CCN(C)CC1.CN1CCN2CCCC2C1.CN1CCN2CCCCC2C1.CN1CCOCC1. The Hall–Kier alpha value is -0.480. The number of nitrogens with zero attached hydrogens (tertiary/aromatic N) is 10. The van der Waals surface area contributed by atoms with E-state index in [0.29, 0.717) is 0 Å². The van der Waals surface area contributed by atoms with Crippen LogP contribution in [0.4, 0.5) is 0 Å². The molecule has 0 spiro atoms. The minimum atomic E-state index is 0. The number of ether oxygens (including phenoxy) is 1. The highest BCUT2D eigenvalue weighted by Gasteiger charge is 2.29. The Kier molecular flexibility index (Phi) is 39.5. The molecule has 10 saturated heterocycles. The highest BCUT2D eigenvalue weighted by atomic mass is 16.5. The summed E-state index contributed by atoms with van der Waals surface area (Å²) in [6.45, 7) is 34.5. The molecule has 0 bridgehead atoms. The van der Waals surface area contributed by atoms with Gasteiger partial charge in [0.05, 0.1) is 13.2 Å². The first-order valence-corrected chi connectivity index (χ1v) is 28.1. The van der Waals surface area contributed by atoms with Gasteiger partial charge in [-0.25, -0.2) is 0 Å². The fourth-order valence-corrected chi connectivity index (χ4v) is 10.4. The molecule has 2 unspecified atom stereocenters. The number of fused-ring (bicyclic) bond motifs is 2. The van der Waals surface area contributed by atoms with E-state index in [1.54, 1.807) is 0 Å². The molecule has 10 aliphatic rings. The van der Waals surface area contributed by atoms with E-state index in [9.17, 15) is 0 Å². The Balaban J connectivity index is 0.000000389. The minimum Gasteiger partial charge on any atom is -0.379 e. The Labute approximate surface area is 426 Å². The zero-order valence-electron chi connectivity index (χ0n) is 46.0. The lowest BCUT2D eigenvalue weighted by Gasteiger charge is -2.42. The number of nitrogens with one attached hydrogen (secondary N) is 1. The maximum Gasteiger partial charge on any atom is 0.0594 e. The largest absolute Gasteiger partial charge is 0.379 e. The van der Waals surface area contributed by atoms with Gasteiger partial charge in [0.1, 0.15) is 0 Å². The van der Waals surface area contributed by atoms with Crippen LogP contribution in [0.2, 0.25) is 0 Å². The van der Waals surface area contributed by atoms with Gasteiger partial charge in [-0.1, -0.05) is 54.4 Å². The molecule has 12 nitrogen and oxygen atoms in total. The molecule has 0 aromatic carbocycles. The van der Waals surface area contributed by atoms with Gasteiger partial charge in [0.15, 0.2) is 0 Å². The molecule has 1 N–H and O–H groups in total. The number of likely N-dealkylation sites (tertiary alicyclic amines) is 3. The van der Waals surface area contributed by atoms with Crippen LogP contribution in [0, 0.1) is 11.8 Å². The Bertz CT molecular complexity index is 1000.